The first-order chi connectivity index (χ1) is 17.6. The highest BCUT2D eigenvalue weighted by Gasteiger charge is 2.12. The Labute approximate surface area is 228 Å². The van der Waals surface area contributed by atoms with Gasteiger partial charge < -0.3 is 14.8 Å². The first kappa shape index (κ1) is 26.5. The summed E-state index contributed by atoms with van der Waals surface area (Å²) in [6, 6.07) is 21.5. The van der Waals surface area contributed by atoms with E-state index < -0.39 is 0 Å². The Hall–Kier alpha value is -2.59. The van der Waals surface area contributed by atoms with Crippen LogP contribution in [-0.2, 0) is 13.2 Å². The number of rotatable bonds is 13. The van der Waals surface area contributed by atoms with Crippen molar-refractivity contribution in [2.45, 2.75) is 31.7 Å². The number of halogens is 2. The molecule has 1 heterocycles. The number of nitrogens with one attached hydrogen (secondary N) is 1. The van der Waals surface area contributed by atoms with Crippen LogP contribution in [0.25, 0.3) is 5.69 Å². The van der Waals surface area contributed by atoms with Crippen LogP contribution in [0.4, 0.5) is 0 Å². The summed E-state index contributed by atoms with van der Waals surface area (Å²) in [6.07, 6.45) is 0.975. The number of thioether (sulfide) groups is 1. The minimum Gasteiger partial charge on any atom is -0.490 e. The molecule has 4 aromatic rings. The molecule has 1 aromatic heterocycles. The summed E-state index contributed by atoms with van der Waals surface area (Å²) < 4.78 is 14.6. The SMILES string of the molecule is CCOc1cc(CNCCCSc2nnnn2-c2ccccc2)c(Br)cc1OCc1cccc(Cl)c1. The zero-order valence-corrected chi connectivity index (χ0v) is 23.0. The second-order valence-corrected chi connectivity index (χ2v) is 10.2. The first-order valence-electron chi connectivity index (χ1n) is 11.6. The highest BCUT2D eigenvalue weighted by atomic mass is 79.9. The van der Waals surface area contributed by atoms with Gasteiger partial charge >= 0.3 is 0 Å². The molecule has 0 radical (unpaired) electrons. The van der Waals surface area contributed by atoms with E-state index in [0.717, 1.165) is 50.9 Å². The van der Waals surface area contributed by atoms with Gasteiger partial charge in [-0.05, 0) is 77.8 Å². The van der Waals surface area contributed by atoms with Gasteiger partial charge in [0.2, 0.25) is 5.16 Å². The maximum Gasteiger partial charge on any atom is 0.214 e. The molecule has 0 spiro atoms. The molecule has 0 atom stereocenters. The zero-order valence-electron chi connectivity index (χ0n) is 19.9. The Balaban J connectivity index is 1.26. The van der Waals surface area contributed by atoms with Gasteiger partial charge in [0.25, 0.3) is 0 Å². The molecule has 0 saturated carbocycles. The fraction of sp³-hybridized carbons (Fsp3) is 0.269. The van der Waals surface area contributed by atoms with Gasteiger partial charge in [-0.2, -0.15) is 4.68 Å². The number of benzene rings is 3. The van der Waals surface area contributed by atoms with Gasteiger partial charge in [0, 0.05) is 21.8 Å². The summed E-state index contributed by atoms with van der Waals surface area (Å²) in [4.78, 5) is 0. The summed E-state index contributed by atoms with van der Waals surface area (Å²) in [5.74, 6) is 2.32. The van der Waals surface area contributed by atoms with E-state index in [1.807, 2.05) is 73.7 Å². The second-order valence-electron chi connectivity index (χ2n) is 7.83. The van der Waals surface area contributed by atoms with Crippen LogP contribution in [-0.4, -0.2) is 39.1 Å². The summed E-state index contributed by atoms with van der Waals surface area (Å²) in [6.45, 7) is 4.51. The van der Waals surface area contributed by atoms with Crippen molar-refractivity contribution in [3.05, 3.63) is 87.4 Å². The number of hydrogen-bond donors (Lipinski definition) is 1. The summed E-state index contributed by atoms with van der Waals surface area (Å²) in [7, 11) is 0. The lowest BCUT2D eigenvalue weighted by molar-refractivity contribution is 0.269. The Morgan fingerprint density at radius 1 is 1.03 bits per heavy atom. The van der Waals surface area contributed by atoms with E-state index in [1.165, 1.54) is 0 Å². The van der Waals surface area contributed by atoms with Crippen LogP contribution in [0.1, 0.15) is 24.5 Å². The fourth-order valence-electron chi connectivity index (χ4n) is 3.47. The van der Waals surface area contributed by atoms with E-state index in [1.54, 1.807) is 16.4 Å². The topological polar surface area (TPSA) is 74.1 Å². The number of ether oxygens (including phenoxy) is 2. The summed E-state index contributed by atoms with van der Waals surface area (Å²) in [5.41, 5.74) is 3.06. The van der Waals surface area contributed by atoms with Crippen molar-refractivity contribution in [1.82, 2.24) is 25.5 Å². The van der Waals surface area contributed by atoms with Crippen LogP contribution in [0.15, 0.2) is 76.4 Å². The van der Waals surface area contributed by atoms with Crippen LogP contribution in [0.3, 0.4) is 0 Å². The van der Waals surface area contributed by atoms with Crippen LogP contribution >= 0.6 is 39.3 Å². The third-order valence-electron chi connectivity index (χ3n) is 5.18. The Morgan fingerprint density at radius 3 is 2.67 bits per heavy atom. The van der Waals surface area contributed by atoms with E-state index in [-0.39, 0.29) is 0 Å². The molecule has 0 amide bonds. The van der Waals surface area contributed by atoms with Crippen molar-refractivity contribution in [3.8, 4) is 17.2 Å². The van der Waals surface area contributed by atoms with E-state index in [4.69, 9.17) is 21.1 Å². The van der Waals surface area contributed by atoms with Crippen molar-refractivity contribution in [2.24, 2.45) is 0 Å². The molecule has 0 aliphatic rings. The van der Waals surface area contributed by atoms with Gasteiger partial charge in [-0.15, -0.1) is 5.10 Å². The highest BCUT2D eigenvalue weighted by Crippen LogP contribution is 2.34. The largest absolute Gasteiger partial charge is 0.490 e. The smallest absolute Gasteiger partial charge is 0.214 e. The normalized spacial score (nSPS) is 11.0. The fourth-order valence-corrected chi connectivity index (χ4v) is 4.97. The molecule has 36 heavy (non-hydrogen) atoms. The maximum absolute atomic E-state index is 6.09. The molecule has 0 aliphatic heterocycles. The minimum atomic E-state index is 0.413. The van der Waals surface area contributed by atoms with Gasteiger partial charge in [0.05, 0.1) is 12.3 Å². The number of nitrogens with zero attached hydrogens (tertiary/aromatic N) is 4. The minimum absolute atomic E-state index is 0.413. The second kappa shape index (κ2) is 13.6. The third kappa shape index (κ3) is 7.46. The van der Waals surface area contributed by atoms with Crippen LogP contribution in [0.5, 0.6) is 11.5 Å². The Kier molecular flexibility index (Phi) is 10.0. The lowest BCUT2D eigenvalue weighted by Crippen LogP contribution is -2.16. The zero-order chi connectivity index (χ0) is 25.2. The molecule has 3 aromatic carbocycles. The highest BCUT2D eigenvalue weighted by molar-refractivity contribution is 9.10. The molecule has 4 rings (SSSR count). The molecule has 0 fully saturated rings. The average molecular weight is 589 g/mol. The van der Waals surface area contributed by atoms with Crippen LogP contribution < -0.4 is 14.8 Å². The molecule has 188 valence electrons. The Bertz CT molecular complexity index is 1260. The van der Waals surface area contributed by atoms with Crippen molar-refractivity contribution in [1.29, 1.82) is 0 Å². The molecule has 7 nitrogen and oxygen atoms in total. The van der Waals surface area contributed by atoms with Crippen LogP contribution in [0, 0.1) is 0 Å². The van der Waals surface area contributed by atoms with Gasteiger partial charge in [0.15, 0.2) is 11.5 Å². The van der Waals surface area contributed by atoms with Gasteiger partial charge in [-0.3, -0.25) is 0 Å². The lowest BCUT2D eigenvalue weighted by atomic mass is 10.2. The molecular formula is C26H27BrClN5O2S. The van der Waals surface area contributed by atoms with Crippen molar-refractivity contribution < 1.29 is 9.47 Å². The average Bonchev–Trinajstić information content (AvgIpc) is 3.36. The van der Waals surface area contributed by atoms with E-state index in [9.17, 15) is 0 Å². The molecule has 0 bridgehead atoms. The van der Waals surface area contributed by atoms with Crippen molar-refractivity contribution in [2.75, 3.05) is 18.9 Å². The standard InChI is InChI=1S/C26H27BrClN5O2S/c1-2-34-24-15-20(23(27)16-25(24)35-18-19-8-6-9-21(28)14-19)17-29-12-7-13-36-26-30-31-32-33(26)22-10-4-3-5-11-22/h3-6,8-11,14-16,29H,2,7,12-13,17-18H2,1H3. The summed E-state index contributed by atoms with van der Waals surface area (Å²) in [5, 5.41) is 17.1. The Morgan fingerprint density at radius 2 is 1.86 bits per heavy atom. The monoisotopic (exact) mass is 587 g/mol. The molecule has 1 N–H and O–H groups in total. The predicted octanol–water partition coefficient (Wildman–Crippen LogP) is 6.33. The summed E-state index contributed by atoms with van der Waals surface area (Å²) >= 11 is 11.4. The van der Waals surface area contributed by atoms with Gasteiger partial charge in [-0.25, -0.2) is 0 Å². The van der Waals surface area contributed by atoms with Gasteiger partial charge in [-0.1, -0.05) is 69.6 Å². The van der Waals surface area contributed by atoms with Crippen molar-refractivity contribution in [3.63, 3.8) is 0 Å². The number of aromatic nitrogens is 4. The van der Waals surface area contributed by atoms with E-state index in [0.29, 0.717) is 30.5 Å². The number of tetrazole rings is 1. The van der Waals surface area contributed by atoms with E-state index >= 15 is 0 Å². The predicted molar refractivity (Wildman–Crippen MR) is 147 cm³/mol. The third-order valence-corrected chi connectivity index (χ3v) is 7.16. The van der Waals surface area contributed by atoms with Crippen LogP contribution in [0.2, 0.25) is 5.02 Å². The first-order valence-corrected chi connectivity index (χ1v) is 13.8. The lowest BCUT2D eigenvalue weighted by Gasteiger charge is -2.15. The maximum atomic E-state index is 6.09. The molecule has 10 heteroatoms. The molecule has 0 unspecified atom stereocenters. The van der Waals surface area contributed by atoms with E-state index in [2.05, 4.69) is 36.8 Å². The molecule has 0 aliphatic carbocycles. The van der Waals surface area contributed by atoms with Crippen molar-refractivity contribution >= 4 is 39.3 Å². The van der Waals surface area contributed by atoms with Gasteiger partial charge in [0.1, 0.15) is 6.61 Å². The quantitative estimate of drug-likeness (QED) is 0.145. The number of para-hydroxylation sites is 1. The number of hydrogen-bond acceptors (Lipinski definition) is 7. The molecular weight excluding hydrogens is 562 g/mol. The molecule has 0 saturated heterocycles.